The summed E-state index contributed by atoms with van der Waals surface area (Å²) < 4.78 is 0. The van der Waals surface area contributed by atoms with Gasteiger partial charge >= 0.3 is 0 Å². The summed E-state index contributed by atoms with van der Waals surface area (Å²) in [5.74, 6) is 0.0870. The van der Waals surface area contributed by atoms with Crippen molar-refractivity contribution in [3.8, 4) is 32.0 Å². The van der Waals surface area contributed by atoms with E-state index in [1.807, 2.05) is 48.5 Å². The molecule has 26 heavy (non-hydrogen) atoms. The van der Waals surface area contributed by atoms with Crippen LogP contribution >= 0.6 is 22.9 Å². The molecule has 0 aliphatic heterocycles. The molecule has 0 saturated carbocycles. The quantitative estimate of drug-likeness (QED) is 0.327. The van der Waals surface area contributed by atoms with Gasteiger partial charge < -0.3 is 0 Å². The lowest BCUT2D eigenvalue weighted by atomic mass is 10.0. The van der Waals surface area contributed by atoms with E-state index in [4.69, 9.17) is 11.6 Å². The molecule has 4 aromatic rings. The van der Waals surface area contributed by atoms with Crippen LogP contribution < -0.4 is 0 Å². The summed E-state index contributed by atoms with van der Waals surface area (Å²) in [5, 5.41) is 0.649. The summed E-state index contributed by atoms with van der Waals surface area (Å²) in [6, 6.07) is 25.9. The maximum atomic E-state index is 13.2. The first kappa shape index (κ1) is 15.6. The summed E-state index contributed by atoms with van der Waals surface area (Å²) >= 11 is 7.93. The van der Waals surface area contributed by atoms with Gasteiger partial charge in [-0.1, -0.05) is 72.3 Å². The zero-order valence-electron chi connectivity index (χ0n) is 13.7. The van der Waals surface area contributed by atoms with E-state index >= 15 is 0 Å². The summed E-state index contributed by atoms with van der Waals surface area (Å²) in [5.41, 5.74) is 5.69. The number of hydrogen-bond acceptors (Lipinski definition) is 2. The predicted molar refractivity (Wildman–Crippen MR) is 109 cm³/mol. The van der Waals surface area contributed by atoms with Crippen molar-refractivity contribution < 1.29 is 4.79 Å². The van der Waals surface area contributed by atoms with E-state index in [1.54, 1.807) is 17.4 Å². The van der Waals surface area contributed by atoms with Gasteiger partial charge in [0, 0.05) is 31.5 Å². The summed E-state index contributed by atoms with van der Waals surface area (Å²) in [6.45, 7) is 0. The Hall–Kier alpha value is -2.68. The lowest BCUT2D eigenvalue weighted by Crippen LogP contribution is -1.95. The van der Waals surface area contributed by atoms with Crippen molar-refractivity contribution in [1.82, 2.24) is 0 Å². The average Bonchev–Trinajstić information content (AvgIpc) is 3.21. The van der Waals surface area contributed by atoms with Crippen LogP contribution in [0.4, 0.5) is 0 Å². The van der Waals surface area contributed by atoms with Gasteiger partial charge in [0.05, 0.1) is 0 Å². The molecule has 124 valence electrons. The molecule has 0 fully saturated rings. The van der Waals surface area contributed by atoms with Crippen molar-refractivity contribution in [2.45, 2.75) is 0 Å². The molecule has 0 unspecified atom stereocenters. The molecule has 0 radical (unpaired) electrons. The molecule has 1 aliphatic rings. The first-order chi connectivity index (χ1) is 12.7. The smallest absolute Gasteiger partial charge is 0.195 e. The van der Waals surface area contributed by atoms with E-state index in [0.29, 0.717) is 5.02 Å². The molecule has 0 atom stereocenters. The van der Waals surface area contributed by atoms with E-state index in [2.05, 4.69) is 24.3 Å². The number of carbonyl (C=O) groups excluding carboxylic acids is 1. The van der Waals surface area contributed by atoms with Crippen LogP contribution in [0.2, 0.25) is 5.02 Å². The summed E-state index contributed by atoms with van der Waals surface area (Å²) in [7, 11) is 0. The summed E-state index contributed by atoms with van der Waals surface area (Å²) in [4.78, 5) is 15.3. The second-order valence-corrected chi connectivity index (χ2v) is 7.72. The third-order valence-corrected chi connectivity index (χ3v) is 6.23. The number of carbonyl (C=O) groups is 1. The van der Waals surface area contributed by atoms with E-state index in [9.17, 15) is 4.79 Å². The molecule has 0 N–H and O–H groups in total. The molecular formula is C23H13ClOS. The largest absolute Gasteiger partial charge is 0.289 e. The minimum atomic E-state index is 0.0870. The van der Waals surface area contributed by atoms with E-state index in [0.717, 1.165) is 43.1 Å². The highest BCUT2D eigenvalue weighted by Gasteiger charge is 2.34. The lowest BCUT2D eigenvalue weighted by molar-refractivity contribution is 0.104. The fourth-order valence-corrected chi connectivity index (χ4v) is 5.04. The molecule has 1 aliphatic carbocycles. The molecule has 1 heterocycles. The molecule has 0 spiro atoms. The zero-order valence-corrected chi connectivity index (χ0v) is 15.3. The molecule has 0 amide bonds. The first-order valence-corrected chi connectivity index (χ1v) is 9.56. The zero-order chi connectivity index (χ0) is 17.7. The first-order valence-electron chi connectivity index (χ1n) is 8.36. The molecular weight excluding hydrogens is 360 g/mol. The third-order valence-electron chi connectivity index (χ3n) is 4.70. The monoisotopic (exact) mass is 372 g/mol. The molecule has 5 rings (SSSR count). The standard InChI is InChI=1S/C23H13ClOS/c24-16-11-12-17-18(13-16)19-20(21(17)25)23(15-9-5-2-6-10-15)26-22(19)14-7-3-1-4-8-14/h1-13H. The fraction of sp³-hybridized carbons (Fsp3) is 0. The fourth-order valence-electron chi connectivity index (χ4n) is 3.55. The van der Waals surface area contributed by atoms with E-state index in [-0.39, 0.29) is 5.78 Å². The highest BCUT2D eigenvalue weighted by atomic mass is 35.5. The van der Waals surface area contributed by atoms with Gasteiger partial charge in [-0.05, 0) is 34.9 Å². The van der Waals surface area contributed by atoms with Gasteiger partial charge in [-0.25, -0.2) is 0 Å². The Morgan fingerprint density at radius 3 is 1.85 bits per heavy atom. The molecule has 1 nitrogen and oxygen atoms in total. The van der Waals surface area contributed by atoms with Gasteiger partial charge in [-0.3, -0.25) is 4.79 Å². The van der Waals surface area contributed by atoms with Crippen molar-refractivity contribution >= 4 is 28.7 Å². The molecule has 0 saturated heterocycles. The third kappa shape index (κ3) is 2.27. The number of ketones is 1. The van der Waals surface area contributed by atoms with Crippen molar-refractivity contribution in [2.75, 3.05) is 0 Å². The minimum Gasteiger partial charge on any atom is -0.289 e. The summed E-state index contributed by atoms with van der Waals surface area (Å²) in [6.07, 6.45) is 0. The topological polar surface area (TPSA) is 17.1 Å². The van der Waals surface area contributed by atoms with Crippen LogP contribution in [0.3, 0.4) is 0 Å². The Kier molecular flexibility index (Phi) is 3.56. The van der Waals surface area contributed by atoms with Gasteiger partial charge in [0.25, 0.3) is 0 Å². The maximum absolute atomic E-state index is 13.2. The lowest BCUT2D eigenvalue weighted by Gasteiger charge is -2.04. The van der Waals surface area contributed by atoms with Crippen molar-refractivity contribution in [3.05, 3.63) is 95.0 Å². The molecule has 1 aromatic heterocycles. The Balaban J connectivity index is 1.87. The number of benzene rings is 3. The Morgan fingerprint density at radius 1 is 0.654 bits per heavy atom. The van der Waals surface area contributed by atoms with Crippen molar-refractivity contribution in [3.63, 3.8) is 0 Å². The Bertz CT molecular complexity index is 1140. The van der Waals surface area contributed by atoms with E-state index in [1.165, 1.54) is 0 Å². The second-order valence-electron chi connectivity index (χ2n) is 6.26. The number of fused-ring (bicyclic) bond motifs is 3. The van der Waals surface area contributed by atoms with Crippen molar-refractivity contribution in [1.29, 1.82) is 0 Å². The normalized spacial score (nSPS) is 12.1. The van der Waals surface area contributed by atoms with Crippen LogP contribution in [-0.4, -0.2) is 5.78 Å². The van der Waals surface area contributed by atoms with Crippen LogP contribution in [-0.2, 0) is 0 Å². The highest BCUT2D eigenvalue weighted by molar-refractivity contribution is 7.20. The van der Waals surface area contributed by atoms with Gasteiger partial charge in [-0.15, -0.1) is 11.3 Å². The number of rotatable bonds is 2. The minimum absolute atomic E-state index is 0.0870. The Morgan fingerprint density at radius 2 is 1.23 bits per heavy atom. The van der Waals surface area contributed by atoms with E-state index < -0.39 is 0 Å². The van der Waals surface area contributed by atoms with Crippen LogP contribution in [0, 0.1) is 0 Å². The van der Waals surface area contributed by atoms with Crippen LogP contribution in [0.25, 0.3) is 32.0 Å². The average molecular weight is 373 g/mol. The SMILES string of the molecule is O=C1c2ccc(Cl)cc2-c2c(-c3ccccc3)sc(-c3ccccc3)c21. The molecule has 0 bridgehead atoms. The number of thiophene rings is 1. The molecule has 3 aromatic carbocycles. The van der Waals surface area contributed by atoms with Gasteiger partial charge in [0.15, 0.2) is 5.78 Å². The van der Waals surface area contributed by atoms with Gasteiger partial charge in [0.1, 0.15) is 0 Å². The second kappa shape index (κ2) is 5.94. The maximum Gasteiger partial charge on any atom is 0.195 e. The molecule has 3 heteroatoms. The predicted octanol–water partition coefficient (Wildman–Crippen LogP) is 6.95. The van der Waals surface area contributed by atoms with Crippen LogP contribution in [0.15, 0.2) is 78.9 Å². The highest BCUT2D eigenvalue weighted by Crippen LogP contribution is 2.52. The number of halogens is 1. The van der Waals surface area contributed by atoms with Crippen LogP contribution in [0.1, 0.15) is 15.9 Å². The number of hydrogen-bond donors (Lipinski definition) is 0. The van der Waals surface area contributed by atoms with Crippen LogP contribution in [0.5, 0.6) is 0 Å². The van der Waals surface area contributed by atoms with Gasteiger partial charge in [-0.2, -0.15) is 0 Å². The van der Waals surface area contributed by atoms with Crippen molar-refractivity contribution in [2.24, 2.45) is 0 Å². The van der Waals surface area contributed by atoms with Gasteiger partial charge in [0.2, 0.25) is 0 Å². The Labute approximate surface area is 160 Å².